The quantitative estimate of drug-likeness (QED) is 0.621. The highest BCUT2D eigenvalue weighted by Crippen LogP contribution is 2.24. The van der Waals surface area contributed by atoms with Gasteiger partial charge in [-0.3, -0.25) is 4.79 Å². The zero-order valence-corrected chi connectivity index (χ0v) is 14.7. The van der Waals surface area contributed by atoms with Gasteiger partial charge in [-0.25, -0.2) is 4.79 Å². The Hall–Kier alpha value is -1.62. The van der Waals surface area contributed by atoms with E-state index in [2.05, 4.69) is 19.2 Å². The molecule has 1 atom stereocenters. The van der Waals surface area contributed by atoms with Crippen LogP contribution in [0.4, 0.5) is 0 Å². The Labute approximate surface area is 133 Å². The molecule has 0 bridgehead atoms. The monoisotopic (exact) mass is 308 g/mol. The fraction of sp³-hybridized carbons (Fsp3) is 0.647. The second kappa shape index (κ2) is 7.58. The van der Waals surface area contributed by atoms with E-state index >= 15 is 0 Å². The summed E-state index contributed by atoms with van der Waals surface area (Å²) in [5.41, 5.74) is 2.63. The molecule has 0 aliphatic heterocycles. The van der Waals surface area contributed by atoms with Gasteiger partial charge in [0.25, 0.3) is 0 Å². The Bertz CT molecular complexity index is 559. The zero-order chi connectivity index (χ0) is 17.0. The van der Waals surface area contributed by atoms with Crippen molar-refractivity contribution in [3.8, 4) is 0 Å². The van der Waals surface area contributed by atoms with Crippen molar-refractivity contribution in [1.29, 1.82) is 0 Å². The van der Waals surface area contributed by atoms with Gasteiger partial charge in [0.05, 0.1) is 13.2 Å². The summed E-state index contributed by atoms with van der Waals surface area (Å²) in [5.74, 6) is 0.0978. The molecule has 0 saturated heterocycles. The van der Waals surface area contributed by atoms with E-state index in [0.717, 1.165) is 12.2 Å². The summed E-state index contributed by atoms with van der Waals surface area (Å²) in [6, 6.07) is -0.280. The van der Waals surface area contributed by atoms with Crippen LogP contribution < -0.4 is 5.32 Å². The van der Waals surface area contributed by atoms with Crippen molar-refractivity contribution < 1.29 is 14.3 Å². The molecule has 1 rings (SSSR count). The molecule has 22 heavy (non-hydrogen) atoms. The lowest BCUT2D eigenvalue weighted by atomic mass is 10.0. The number of hydrogen-bond acceptors (Lipinski definition) is 4. The lowest BCUT2D eigenvalue weighted by molar-refractivity contribution is 0.0587. The number of nitrogens with one attached hydrogen (secondary N) is 1. The Morgan fingerprint density at radius 3 is 2.27 bits per heavy atom. The molecule has 0 aromatic carbocycles. The van der Waals surface area contributed by atoms with Crippen molar-refractivity contribution in [3.63, 3.8) is 0 Å². The lowest BCUT2D eigenvalue weighted by Gasteiger charge is -2.15. The summed E-state index contributed by atoms with van der Waals surface area (Å²) in [4.78, 5) is 24.8. The van der Waals surface area contributed by atoms with Gasteiger partial charge < -0.3 is 14.6 Å². The van der Waals surface area contributed by atoms with E-state index in [4.69, 9.17) is 4.74 Å². The Morgan fingerprint density at radius 2 is 1.82 bits per heavy atom. The molecule has 0 aliphatic rings. The topological polar surface area (TPSA) is 60.3 Å². The summed E-state index contributed by atoms with van der Waals surface area (Å²) in [6.45, 7) is 13.1. The predicted molar refractivity (Wildman–Crippen MR) is 87.6 cm³/mol. The predicted octanol–water partition coefficient (Wildman–Crippen LogP) is 2.73. The van der Waals surface area contributed by atoms with Crippen LogP contribution in [-0.2, 0) is 11.3 Å². The van der Waals surface area contributed by atoms with Gasteiger partial charge in [0.2, 0.25) is 0 Å². The van der Waals surface area contributed by atoms with Crippen LogP contribution in [0.2, 0.25) is 0 Å². The molecule has 0 fully saturated rings. The highest BCUT2D eigenvalue weighted by atomic mass is 16.5. The number of rotatable bonds is 7. The number of carbonyl (C=O) groups is 2. The van der Waals surface area contributed by atoms with Gasteiger partial charge in [-0.1, -0.05) is 13.8 Å². The van der Waals surface area contributed by atoms with Crippen LogP contribution >= 0.6 is 0 Å². The molecule has 0 aliphatic carbocycles. The van der Waals surface area contributed by atoms with Crippen LogP contribution in [0.25, 0.3) is 0 Å². The van der Waals surface area contributed by atoms with Crippen molar-refractivity contribution in [2.45, 2.75) is 54.1 Å². The van der Waals surface area contributed by atoms with Crippen LogP contribution in [-0.4, -0.2) is 36.0 Å². The van der Waals surface area contributed by atoms with Crippen LogP contribution in [0.15, 0.2) is 0 Å². The first-order valence-electron chi connectivity index (χ1n) is 7.81. The number of aromatic nitrogens is 1. The first kappa shape index (κ1) is 18.4. The minimum atomic E-state index is -0.399. The molecular formula is C17H28N2O3. The number of ether oxygens (including phenoxy) is 1. The number of nitrogens with zero attached hydrogens (tertiary/aromatic N) is 1. The van der Waals surface area contributed by atoms with Gasteiger partial charge in [-0.15, -0.1) is 0 Å². The van der Waals surface area contributed by atoms with Crippen molar-refractivity contribution in [2.24, 2.45) is 5.92 Å². The molecule has 0 spiro atoms. The van der Waals surface area contributed by atoms with Gasteiger partial charge in [0.15, 0.2) is 5.78 Å². The Morgan fingerprint density at radius 1 is 1.23 bits per heavy atom. The minimum absolute atomic E-state index is 0.0213. The summed E-state index contributed by atoms with van der Waals surface area (Å²) >= 11 is 0. The second-order valence-electron chi connectivity index (χ2n) is 6.06. The van der Waals surface area contributed by atoms with Crippen LogP contribution in [0.1, 0.15) is 59.8 Å². The molecule has 0 saturated carbocycles. The fourth-order valence-corrected chi connectivity index (χ4v) is 2.73. The van der Waals surface area contributed by atoms with Crippen molar-refractivity contribution in [2.75, 3.05) is 13.7 Å². The van der Waals surface area contributed by atoms with Gasteiger partial charge >= 0.3 is 5.97 Å². The van der Waals surface area contributed by atoms with E-state index < -0.39 is 5.97 Å². The highest BCUT2D eigenvalue weighted by molar-refractivity contribution is 6.05. The van der Waals surface area contributed by atoms with Crippen LogP contribution in [0.5, 0.6) is 0 Å². The molecule has 5 nitrogen and oxygen atoms in total. The summed E-state index contributed by atoms with van der Waals surface area (Å²) < 4.78 is 6.71. The van der Waals surface area contributed by atoms with Crippen LogP contribution in [0, 0.1) is 19.8 Å². The number of ketones is 1. The van der Waals surface area contributed by atoms with E-state index in [1.165, 1.54) is 7.11 Å². The standard InChI is InChI=1S/C17H28N2O3/c1-8-19-13(6)14(11(4)15(19)17(21)22-7)16(20)12(5)18-9-10(2)3/h10,12,18H,8-9H2,1-7H3. The number of Topliss-reactive ketones (excluding diaryl/α,β-unsaturated/α-hetero) is 1. The molecule has 0 amide bonds. The average molecular weight is 308 g/mol. The highest BCUT2D eigenvalue weighted by Gasteiger charge is 2.28. The zero-order valence-electron chi connectivity index (χ0n) is 14.7. The van der Waals surface area contributed by atoms with E-state index in [9.17, 15) is 9.59 Å². The molecule has 1 aromatic rings. The third kappa shape index (κ3) is 3.58. The van der Waals surface area contributed by atoms with Crippen molar-refractivity contribution >= 4 is 11.8 Å². The fourth-order valence-electron chi connectivity index (χ4n) is 2.73. The van der Waals surface area contributed by atoms with Crippen molar-refractivity contribution in [1.82, 2.24) is 9.88 Å². The van der Waals surface area contributed by atoms with Gasteiger partial charge in [-0.05, 0) is 45.7 Å². The van der Waals surface area contributed by atoms with E-state index in [1.54, 1.807) is 0 Å². The van der Waals surface area contributed by atoms with Gasteiger partial charge in [0, 0.05) is 17.8 Å². The van der Waals surface area contributed by atoms with Crippen LogP contribution in [0.3, 0.4) is 0 Å². The lowest BCUT2D eigenvalue weighted by Crippen LogP contribution is -2.36. The molecule has 0 radical (unpaired) electrons. The summed E-state index contributed by atoms with van der Waals surface area (Å²) in [7, 11) is 1.36. The normalized spacial score (nSPS) is 12.5. The van der Waals surface area contributed by atoms with Crippen molar-refractivity contribution in [3.05, 3.63) is 22.5 Å². The Balaban J connectivity index is 3.22. The smallest absolute Gasteiger partial charge is 0.354 e. The van der Waals surface area contributed by atoms with E-state index in [-0.39, 0.29) is 11.8 Å². The maximum atomic E-state index is 12.8. The third-order valence-electron chi connectivity index (χ3n) is 3.93. The van der Waals surface area contributed by atoms with Gasteiger partial charge in [-0.2, -0.15) is 0 Å². The van der Waals surface area contributed by atoms with E-state index in [0.29, 0.717) is 29.3 Å². The molecule has 1 aromatic heterocycles. The molecule has 1 unspecified atom stereocenters. The maximum Gasteiger partial charge on any atom is 0.354 e. The number of hydrogen-bond donors (Lipinski definition) is 1. The molecule has 1 heterocycles. The summed E-state index contributed by atoms with van der Waals surface area (Å²) in [5, 5.41) is 3.25. The minimum Gasteiger partial charge on any atom is -0.464 e. The summed E-state index contributed by atoms with van der Waals surface area (Å²) in [6.07, 6.45) is 0. The largest absolute Gasteiger partial charge is 0.464 e. The number of esters is 1. The molecule has 1 N–H and O–H groups in total. The average Bonchev–Trinajstić information content (AvgIpc) is 2.73. The SMILES string of the molecule is CCn1c(C)c(C(=O)C(C)NCC(C)C)c(C)c1C(=O)OC. The first-order valence-corrected chi connectivity index (χ1v) is 7.81. The third-order valence-corrected chi connectivity index (χ3v) is 3.93. The number of carbonyl (C=O) groups excluding carboxylic acids is 2. The second-order valence-corrected chi connectivity index (χ2v) is 6.06. The Kier molecular flexibility index (Phi) is 6.35. The maximum absolute atomic E-state index is 12.8. The molecule has 5 heteroatoms. The number of methoxy groups -OCH3 is 1. The molecule has 124 valence electrons. The first-order chi connectivity index (χ1) is 10.3. The van der Waals surface area contributed by atoms with Gasteiger partial charge in [0.1, 0.15) is 5.69 Å². The van der Waals surface area contributed by atoms with E-state index in [1.807, 2.05) is 32.3 Å². The molecular weight excluding hydrogens is 280 g/mol.